The molecule has 5 aliphatic rings. The molecule has 0 heterocycles. The molecule has 0 aromatic carbocycles. The molecule has 5 rings (SSSR count). The zero-order valence-electron chi connectivity index (χ0n) is 23.6. The standard InChI is InChI=1S/C32H52O2/c1-20(2)22-13-17-32(27(33)34-9)19-18-30(7)23(26(22)32)10-11-25-29(6)15-12-21(3)28(4,5)24(29)14-16-31(25,30)8/h21-26H,1,10-19H2,2-9H3/t21-,22-,23?,24?,25?,26?,29-,30+,31+,32-/m0/s1. The van der Waals surface area contributed by atoms with E-state index in [4.69, 9.17) is 4.74 Å². The monoisotopic (exact) mass is 468 g/mol. The van der Waals surface area contributed by atoms with E-state index < -0.39 is 0 Å². The van der Waals surface area contributed by atoms with Crippen molar-refractivity contribution in [1.82, 2.24) is 0 Å². The molecule has 2 nitrogen and oxygen atoms in total. The second kappa shape index (κ2) is 7.61. The van der Waals surface area contributed by atoms with Crippen LogP contribution < -0.4 is 0 Å². The van der Waals surface area contributed by atoms with Crippen LogP contribution in [-0.2, 0) is 9.53 Å². The number of methoxy groups -OCH3 is 1. The van der Waals surface area contributed by atoms with Crippen molar-refractivity contribution in [2.45, 2.75) is 113 Å². The minimum absolute atomic E-state index is 0.0780. The number of fused-ring (bicyclic) bond motifs is 7. The van der Waals surface area contributed by atoms with Crippen LogP contribution in [0.3, 0.4) is 0 Å². The van der Waals surface area contributed by atoms with E-state index in [-0.39, 0.29) is 11.4 Å². The van der Waals surface area contributed by atoms with Crippen LogP contribution in [-0.4, -0.2) is 13.1 Å². The average Bonchev–Trinajstić information content (AvgIpc) is 3.18. The molecule has 34 heavy (non-hydrogen) atoms. The molecule has 0 aromatic rings. The van der Waals surface area contributed by atoms with E-state index in [1.165, 1.54) is 50.5 Å². The highest BCUT2D eigenvalue weighted by Crippen LogP contribution is 2.77. The van der Waals surface area contributed by atoms with Crippen molar-refractivity contribution in [2.75, 3.05) is 7.11 Å². The number of esters is 1. The summed E-state index contributed by atoms with van der Waals surface area (Å²) in [7, 11) is 1.61. The highest BCUT2D eigenvalue weighted by Gasteiger charge is 2.71. The Hall–Kier alpha value is -0.790. The molecule has 0 spiro atoms. The molecule has 0 aliphatic heterocycles. The SMILES string of the molecule is C=C(C)[C@@H]1CC[C@]2(C(=O)OC)CC[C@]3(C)C(CCC4[C@@]5(C)CC[C@H](C)C(C)(C)C5CC[C@]43C)C12. The molecule has 0 bridgehead atoms. The van der Waals surface area contributed by atoms with Gasteiger partial charge >= 0.3 is 5.97 Å². The number of rotatable bonds is 2. The first-order valence-electron chi connectivity index (χ1n) is 14.5. The van der Waals surface area contributed by atoms with Crippen molar-refractivity contribution < 1.29 is 9.53 Å². The van der Waals surface area contributed by atoms with Crippen LogP contribution in [0.15, 0.2) is 12.2 Å². The van der Waals surface area contributed by atoms with Crippen LogP contribution in [0.25, 0.3) is 0 Å². The molecule has 5 fully saturated rings. The van der Waals surface area contributed by atoms with Gasteiger partial charge in [-0.3, -0.25) is 4.79 Å². The number of carbonyl (C=O) groups is 1. The Balaban J connectivity index is 1.56. The molecule has 0 saturated heterocycles. The fourth-order valence-corrected chi connectivity index (χ4v) is 11.9. The summed E-state index contributed by atoms with van der Waals surface area (Å²) in [5, 5.41) is 0. The molecule has 0 radical (unpaired) electrons. The number of hydrogen-bond acceptors (Lipinski definition) is 2. The summed E-state index contributed by atoms with van der Waals surface area (Å²) in [5.41, 5.74) is 2.59. The lowest BCUT2D eigenvalue weighted by atomic mass is 9.32. The van der Waals surface area contributed by atoms with Crippen molar-refractivity contribution in [3.63, 3.8) is 0 Å². The zero-order valence-corrected chi connectivity index (χ0v) is 23.6. The third-order valence-electron chi connectivity index (χ3n) is 14.2. The lowest BCUT2D eigenvalue weighted by Gasteiger charge is -2.73. The zero-order chi connectivity index (χ0) is 24.9. The lowest BCUT2D eigenvalue weighted by Crippen LogP contribution is -2.66. The first kappa shape index (κ1) is 24.9. The van der Waals surface area contributed by atoms with Gasteiger partial charge in [0, 0.05) is 0 Å². The van der Waals surface area contributed by atoms with Crippen molar-refractivity contribution in [3.05, 3.63) is 12.2 Å². The Morgan fingerprint density at radius 3 is 2.18 bits per heavy atom. The van der Waals surface area contributed by atoms with Gasteiger partial charge in [-0.15, -0.1) is 0 Å². The van der Waals surface area contributed by atoms with Crippen LogP contribution in [0, 0.1) is 62.6 Å². The third-order valence-corrected chi connectivity index (χ3v) is 14.2. The Morgan fingerprint density at radius 2 is 1.53 bits per heavy atom. The molecular formula is C32H52O2. The normalized spacial score (nSPS) is 53.6. The average molecular weight is 469 g/mol. The quantitative estimate of drug-likeness (QED) is 0.300. The molecule has 10 atom stereocenters. The molecule has 0 amide bonds. The van der Waals surface area contributed by atoms with Gasteiger partial charge in [0.25, 0.3) is 0 Å². The van der Waals surface area contributed by atoms with Crippen LogP contribution in [0.2, 0.25) is 0 Å². The first-order chi connectivity index (χ1) is 15.8. The minimum Gasteiger partial charge on any atom is -0.469 e. The number of ether oxygens (including phenoxy) is 1. The topological polar surface area (TPSA) is 26.3 Å². The Kier molecular flexibility index (Phi) is 5.57. The lowest BCUT2D eigenvalue weighted by molar-refractivity contribution is -0.243. The molecule has 5 saturated carbocycles. The Morgan fingerprint density at radius 1 is 0.824 bits per heavy atom. The van der Waals surface area contributed by atoms with Gasteiger partial charge in [0.05, 0.1) is 12.5 Å². The van der Waals surface area contributed by atoms with E-state index >= 15 is 0 Å². The van der Waals surface area contributed by atoms with Crippen LogP contribution in [0.4, 0.5) is 0 Å². The fraction of sp³-hybridized carbons (Fsp3) is 0.906. The van der Waals surface area contributed by atoms with E-state index in [0.29, 0.717) is 39.4 Å². The van der Waals surface area contributed by atoms with Gasteiger partial charge in [0.15, 0.2) is 0 Å². The van der Waals surface area contributed by atoms with E-state index in [1.54, 1.807) is 7.11 Å². The second-order valence-electron chi connectivity index (χ2n) is 15.1. The van der Waals surface area contributed by atoms with E-state index in [1.807, 2.05) is 0 Å². The Labute approximate surface area is 210 Å². The van der Waals surface area contributed by atoms with Gasteiger partial charge in [-0.05, 0) is 128 Å². The van der Waals surface area contributed by atoms with Gasteiger partial charge in [-0.2, -0.15) is 0 Å². The van der Waals surface area contributed by atoms with Crippen LogP contribution in [0.5, 0.6) is 0 Å². The summed E-state index contributed by atoms with van der Waals surface area (Å²) >= 11 is 0. The summed E-state index contributed by atoms with van der Waals surface area (Å²) < 4.78 is 5.52. The van der Waals surface area contributed by atoms with E-state index in [0.717, 1.165) is 37.0 Å². The smallest absolute Gasteiger partial charge is 0.312 e. The summed E-state index contributed by atoms with van der Waals surface area (Å²) in [6.07, 6.45) is 12.5. The first-order valence-corrected chi connectivity index (χ1v) is 14.5. The van der Waals surface area contributed by atoms with Crippen molar-refractivity contribution in [3.8, 4) is 0 Å². The molecule has 0 N–H and O–H groups in total. The largest absolute Gasteiger partial charge is 0.469 e. The molecule has 4 unspecified atom stereocenters. The van der Waals surface area contributed by atoms with Crippen LogP contribution in [0.1, 0.15) is 113 Å². The molecule has 192 valence electrons. The maximum absolute atomic E-state index is 13.4. The highest BCUT2D eigenvalue weighted by atomic mass is 16.5. The maximum Gasteiger partial charge on any atom is 0.312 e. The maximum atomic E-state index is 13.4. The highest BCUT2D eigenvalue weighted by molar-refractivity contribution is 5.78. The molecule has 2 heteroatoms. The van der Waals surface area contributed by atoms with Gasteiger partial charge < -0.3 is 4.74 Å². The minimum atomic E-state index is -0.269. The second-order valence-corrected chi connectivity index (χ2v) is 15.1. The number of hydrogen-bond donors (Lipinski definition) is 0. The van der Waals surface area contributed by atoms with E-state index in [9.17, 15) is 4.79 Å². The molecular weight excluding hydrogens is 416 g/mol. The fourth-order valence-electron chi connectivity index (χ4n) is 11.9. The predicted molar refractivity (Wildman–Crippen MR) is 140 cm³/mol. The number of carbonyl (C=O) groups excluding carboxylic acids is 1. The number of allylic oxidation sites excluding steroid dienone is 1. The van der Waals surface area contributed by atoms with Gasteiger partial charge in [-0.25, -0.2) is 0 Å². The molecule has 5 aliphatic carbocycles. The Bertz CT molecular complexity index is 872. The van der Waals surface area contributed by atoms with E-state index in [2.05, 4.69) is 55.0 Å². The summed E-state index contributed by atoms with van der Waals surface area (Å²) in [4.78, 5) is 13.4. The predicted octanol–water partition coefficient (Wildman–Crippen LogP) is 8.45. The third kappa shape index (κ3) is 2.84. The van der Waals surface area contributed by atoms with Crippen molar-refractivity contribution in [2.24, 2.45) is 62.6 Å². The van der Waals surface area contributed by atoms with Crippen molar-refractivity contribution >= 4 is 5.97 Å². The molecule has 0 aromatic heterocycles. The van der Waals surface area contributed by atoms with Gasteiger partial charge in [0.2, 0.25) is 0 Å². The summed E-state index contributed by atoms with van der Waals surface area (Å²) in [6.45, 7) is 22.4. The van der Waals surface area contributed by atoms with Gasteiger partial charge in [-0.1, -0.05) is 53.7 Å². The van der Waals surface area contributed by atoms with Gasteiger partial charge in [0.1, 0.15) is 0 Å². The van der Waals surface area contributed by atoms with Crippen molar-refractivity contribution in [1.29, 1.82) is 0 Å². The summed E-state index contributed by atoms with van der Waals surface area (Å²) in [5.74, 6) is 4.06. The van der Waals surface area contributed by atoms with Crippen LogP contribution >= 0.6 is 0 Å². The summed E-state index contributed by atoms with van der Waals surface area (Å²) in [6, 6.07) is 0.